The Kier molecular flexibility index (Phi) is 5.17. The molecule has 0 aliphatic carbocycles. The third kappa shape index (κ3) is 3.39. The van der Waals surface area contributed by atoms with Crippen molar-refractivity contribution < 1.29 is 4.74 Å². The highest BCUT2D eigenvalue weighted by atomic mass is 35.5. The summed E-state index contributed by atoms with van der Waals surface area (Å²) in [7, 11) is 0. The van der Waals surface area contributed by atoms with Crippen LogP contribution in [0.2, 0.25) is 0 Å². The average molecular weight is 221 g/mol. The second-order valence-electron chi connectivity index (χ2n) is 4.43. The van der Waals surface area contributed by atoms with Crippen molar-refractivity contribution in [2.24, 2.45) is 11.8 Å². The molecule has 4 heteroatoms. The van der Waals surface area contributed by atoms with Gasteiger partial charge in [-0.05, 0) is 37.8 Å². The molecule has 2 aliphatic rings. The van der Waals surface area contributed by atoms with Gasteiger partial charge in [0.2, 0.25) is 0 Å². The van der Waals surface area contributed by atoms with E-state index in [-0.39, 0.29) is 12.4 Å². The maximum absolute atomic E-state index is 5.71. The number of rotatable bonds is 2. The van der Waals surface area contributed by atoms with Crippen LogP contribution < -0.4 is 10.6 Å². The average Bonchev–Trinajstić information content (AvgIpc) is 2.62. The molecule has 84 valence electrons. The molecule has 0 saturated carbocycles. The molecule has 2 fully saturated rings. The molecular formula is C10H21ClN2O. The van der Waals surface area contributed by atoms with E-state index in [1.54, 1.807) is 0 Å². The van der Waals surface area contributed by atoms with Crippen LogP contribution in [-0.4, -0.2) is 32.5 Å². The lowest BCUT2D eigenvalue weighted by atomic mass is 10.0. The molecule has 2 rings (SSSR count). The van der Waals surface area contributed by atoms with E-state index < -0.39 is 0 Å². The second kappa shape index (κ2) is 5.91. The van der Waals surface area contributed by atoms with Crippen LogP contribution in [0.5, 0.6) is 0 Å². The van der Waals surface area contributed by atoms with E-state index in [4.69, 9.17) is 4.74 Å². The first-order chi connectivity index (χ1) is 6.34. The van der Waals surface area contributed by atoms with Crippen molar-refractivity contribution in [1.29, 1.82) is 0 Å². The third-order valence-corrected chi connectivity index (χ3v) is 2.99. The van der Waals surface area contributed by atoms with Crippen LogP contribution >= 0.6 is 12.4 Å². The molecule has 0 amide bonds. The van der Waals surface area contributed by atoms with Crippen LogP contribution in [0.15, 0.2) is 0 Å². The molecule has 3 nitrogen and oxygen atoms in total. The summed E-state index contributed by atoms with van der Waals surface area (Å²) >= 11 is 0. The van der Waals surface area contributed by atoms with Crippen LogP contribution in [0.4, 0.5) is 0 Å². The van der Waals surface area contributed by atoms with Crippen LogP contribution in [0.3, 0.4) is 0 Å². The fraction of sp³-hybridized carbons (Fsp3) is 1.00. The Balaban J connectivity index is 0.000000980. The Morgan fingerprint density at radius 1 is 1.36 bits per heavy atom. The van der Waals surface area contributed by atoms with Crippen LogP contribution in [0.1, 0.15) is 19.8 Å². The zero-order valence-corrected chi connectivity index (χ0v) is 9.61. The predicted octanol–water partition coefficient (Wildman–Crippen LogP) is 0.990. The normalized spacial score (nSPS) is 37.9. The van der Waals surface area contributed by atoms with Gasteiger partial charge in [-0.3, -0.25) is 5.32 Å². The number of hydrogen-bond acceptors (Lipinski definition) is 3. The summed E-state index contributed by atoms with van der Waals surface area (Å²) in [5.41, 5.74) is 0. The lowest BCUT2D eigenvalue weighted by molar-refractivity contribution is -0.0347. The standard InChI is InChI=1S/C10H20N2O.ClH/c1-8-5-12-10(13-7-8)4-9-2-3-11-6-9;/h8-12H,2-7H2,1H3;1H. The Hall–Kier alpha value is 0.170. The van der Waals surface area contributed by atoms with E-state index in [0.717, 1.165) is 19.1 Å². The van der Waals surface area contributed by atoms with E-state index >= 15 is 0 Å². The lowest BCUT2D eigenvalue weighted by Gasteiger charge is -2.29. The minimum Gasteiger partial charge on any atom is -0.363 e. The minimum absolute atomic E-state index is 0. The van der Waals surface area contributed by atoms with Crippen LogP contribution in [0.25, 0.3) is 0 Å². The smallest absolute Gasteiger partial charge is 0.108 e. The molecule has 2 aliphatic heterocycles. The van der Waals surface area contributed by atoms with Crippen molar-refractivity contribution in [3.63, 3.8) is 0 Å². The van der Waals surface area contributed by atoms with Crippen molar-refractivity contribution in [2.45, 2.75) is 26.0 Å². The van der Waals surface area contributed by atoms with Crippen LogP contribution in [-0.2, 0) is 4.74 Å². The third-order valence-electron chi connectivity index (χ3n) is 2.99. The van der Waals surface area contributed by atoms with Gasteiger partial charge in [0.1, 0.15) is 6.23 Å². The fourth-order valence-electron chi connectivity index (χ4n) is 2.10. The zero-order valence-electron chi connectivity index (χ0n) is 8.79. The van der Waals surface area contributed by atoms with Gasteiger partial charge in [0.15, 0.2) is 0 Å². The molecule has 14 heavy (non-hydrogen) atoms. The molecule has 0 aromatic rings. The van der Waals surface area contributed by atoms with Crippen molar-refractivity contribution in [3.05, 3.63) is 0 Å². The molecule has 0 radical (unpaired) electrons. The van der Waals surface area contributed by atoms with E-state index in [0.29, 0.717) is 12.1 Å². The Morgan fingerprint density at radius 3 is 2.79 bits per heavy atom. The summed E-state index contributed by atoms with van der Waals surface area (Å²) < 4.78 is 5.71. The number of halogens is 1. The molecule has 2 heterocycles. The molecule has 0 bridgehead atoms. The van der Waals surface area contributed by atoms with Gasteiger partial charge in [0, 0.05) is 6.54 Å². The van der Waals surface area contributed by atoms with Crippen LogP contribution in [0, 0.1) is 11.8 Å². The molecule has 3 atom stereocenters. The highest BCUT2D eigenvalue weighted by molar-refractivity contribution is 5.85. The summed E-state index contributed by atoms with van der Waals surface area (Å²) in [6.45, 7) is 6.63. The monoisotopic (exact) mass is 220 g/mol. The fourth-order valence-corrected chi connectivity index (χ4v) is 2.10. The minimum atomic E-state index is 0. The van der Waals surface area contributed by atoms with Gasteiger partial charge < -0.3 is 10.1 Å². The predicted molar refractivity (Wildman–Crippen MR) is 59.7 cm³/mol. The van der Waals surface area contributed by atoms with E-state index in [9.17, 15) is 0 Å². The van der Waals surface area contributed by atoms with E-state index in [1.165, 1.54) is 25.9 Å². The van der Waals surface area contributed by atoms with Crippen molar-refractivity contribution in [2.75, 3.05) is 26.2 Å². The van der Waals surface area contributed by atoms with E-state index in [2.05, 4.69) is 17.6 Å². The summed E-state index contributed by atoms with van der Waals surface area (Å²) in [5.74, 6) is 1.50. The number of hydrogen-bond donors (Lipinski definition) is 2. The van der Waals surface area contributed by atoms with Gasteiger partial charge in [-0.1, -0.05) is 6.92 Å². The molecule has 0 aromatic heterocycles. The number of ether oxygens (including phenoxy) is 1. The Labute approximate surface area is 92.4 Å². The SMILES string of the molecule is CC1CNC(CC2CCNC2)OC1.Cl. The Morgan fingerprint density at radius 2 is 2.21 bits per heavy atom. The largest absolute Gasteiger partial charge is 0.363 e. The quantitative estimate of drug-likeness (QED) is 0.729. The van der Waals surface area contributed by atoms with Gasteiger partial charge in [-0.25, -0.2) is 0 Å². The zero-order chi connectivity index (χ0) is 9.10. The van der Waals surface area contributed by atoms with Crippen molar-refractivity contribution >= 4 is 12.4 Å². The summed E-state index contributed by atoms with van der Waals surface area (Å²) in [6, 6.07) is 0. The maximum Gasteiger partial charge on any atom is 0.108 e. The highest BCUT2D eigenvalue weighted by Gasteiger charge is 2.23. The van der Waals surface area contributed by atoms with Crippen molar-refractivity contribution in [3.8, 4) is 0 Å². The molecular weight excluding hydrogens is 200 g/mol. The summed E-state index contributed by atoms with van der Waals surface area (Å²) in [6.07, 6.45) is 2.82. The second-order valence-corrected chi connectivity index (χ2v) is 4.43. The first kappa shape index (κ1) is 12.2. The molecule has 3 unspecified atom stereocenters. The number of nitrogens with one attached hydrogen (secondary N) is 2. The maximum atomic E-state index is 5.71. The van der Waals surface area contributed by atoms with Crippen molar-refractivity contribution in [1.82, 2.24) is 10.6 Å². The first-order valence-corrected chi connectivity index (χ1v) is 5.40. The topological polar surface area (TPSA) is 33.3 Å². The van der Waals surface area contributed by atoms with Gasteiger partial charge in [-0.15, -0.1) is 12.4 Å². The highest BCUT2D eigenvalue weighted by Crippen LogP contribution is 2.17. The Bertz CT molecular complexity index is 154. The van der Waals surface area contributed by atoms with Gasteiger partial charge in [0.05, 0.1) is 6.61 Å². The van der Waals surface area contributed by atoms with Gasteiger partial charge in [0.25, 0.3) is 0 Å². The van der Waals surface area contributed by atoms with Gasteiger partial charge >= 0.3 is 0 Å². The molecule has 2 N–H and O–H groups in total. The molecule has 0 spiro atoms. The lowest BCUT2D eigenvalue weighted by Crippen LogP contribution is -2.43. The van der Waals surface area contributed by atoms with E-state index in [1.807, 2.05) is 0 Å². The summed E-state index contributed by atoms with van der Waals surface area (Å²) in [5, 5.41) is 6.83. The first-order valence-electron chi connectivity index (χ1n) is 5.40. The molecule has 0 aromatic carbocycles. The molecule has 2 saturated heterocycles. The summed E-state index contributed by atoms with van der Waals surface area (Å²) in [4.78, 5) is 0. The van der Waals surface area contributed by atoms with Gasteiger partial charge in [-0.2, -0.15) is 0 Å².